The summed E-state index contributed by atoms with van der Waals surface area (Å²) in [6, 6.07) is 9.96. The highest BCUT2D eigenvalue weighted by molar-refractivity contribution is 6.04. The molecule has 22 heavy (non-hydrogen) atoms. The predicted octanol–water partition coefficient (Wildman–Crippen LogP) is 3.70. The molecular formula is C17H16F2N2O. The average molecular weight is 302 g/mol. The van der Waals surface area contributed by atoms with Crippen molar-refractivity contribution < 1.29 is 13.6 Å². The van der Waals surface area contributed by atoms with Gasteiger partial charge in [0.2, 0.25) is 5.91 Å². The second kappa shape index (κ2) is 5.75. The number of nitrogens with one attached hydrogen (secondary N) is 1. The van der Waals surface area contributed by atoms with Crippen molar-refractivity contribution in [1.82, 2.24) is 0 Å². The second-order valence-corrected chi connectivity index (χ2v) is 5.32. The number of carbonyl (C=O) groups excluding carboxylic acids is 1. The molecule has 0 radical (unpaired) electrons. The van der Waals surface area contributed by atoms with Gasteiger partial charge < -0.3 is 10.2 Å². The lowest BCUT2D eigenvalue weighted by atomic mass is 10.1. The molecule has 0 spiro atoms. The Labute approximate surface area is 127 Å². The van der Waals surface area contributed by atoms with Gasteiger partial charge in [0.1, 0.15) is 17.7 Å². The first-order valence-electron chi connectivity index (χ1n) is 7.20. The second-order valence-electron chi connectivity index (χ2n) is 5.32. The van der Waals surface area contributed by atoms with Gasteiger partial charge in [-0.2, -0.15) is 0 Å². The molecule has 1 heterocycles. The van der Waals surface area contributed by atoms with Crippen LogP contribution in [0.4, 0.5) is 20.2 Å². The number of nitrogens with zero attached hydrogens (tertiary/aromatic N) is 1. The minimum atomic E-state index is -0.380. The summed E-state index contributed by atoms with van der Waals surface area (Å²) in [5, 5.41) is 3.07. The third-order valence-corrected chi connectivity index (χ3v) is 3.81. The van der Waals surface area contributed by atoms with E-state index in [1.807, 2.05) is 6.92 Å². The number of fused-ring (bicyclic) bond motifs is 1. The summed E-state index contributed by atoms with van der Waals surface area (Å²) in [6.07, 6.45) is 0.606. The van der Waals surface area contributed by atoms with Crippen LogP contribution in [0.2, 0.25) is 0 Å². The van der Waals surface area contributed by atoms with Crippen molar-refractivity contribution in [2.75, 3.05) is 10.2 Å². The number of hydrogen-bond acceptors (Lipinski definition) is 2. The van der Waals surface area contributed by atoms with E-state index in [1.165, 1.54) is 24.3 Å². The molecule has 0 fully saturated rings. The first kappa shape index (κ1) is 14.5. The lowest BCUT2D eigenvalue weighted by Gasteiger charge is -2.35. The average Bonchev–Trinajstić information content (AvgIpc) is 2.51. The van der Waals surface area contributed by atoms with Gasteiger partial charge in [0.05, 0.1) is 17.9 Å². The Morgan fingerprint density at radius 3 is 2.45 bits per heavy atom. The Bertz CT molecular complexity index is 700. The number of carbonyl (C=O) groups is 1. The highest BCUT2D eigenvalue weighted by Gasteiger charge is 2.31. The SMILES string of the molecule is CCC1Nc2cc(F)ccc2N(Cc2ccc(F)cc2)C1=O. The standard InChI is InChI=1S/C17H16F2N2O/c1-2-14-17(22)21(10-11-3-5-12(18)6-4-11)16-8-7-13(19)9-15(16)20-14/h3-9,14,20H,2,10H2,1H3. The Morgan fingerprint density at radius 1 is 1.09 bits per heavy atom. The molecule has 1 unspecified atom stereocenters. The number of benzene rings is 2. The van der Waals surface area contributed by atoms with Crippen molar-refractivity contribution >= 4 is 17.3 Å². The Kier molecular flexibility index (Phi) is 3.79. The number of rotatable bonds is 3. The van der Waals surface area contributed by atoms with Crippen LogP contribution in [0.25, 0.3) is 0 Å². The molecule has 0 aromatic heterocycles. The largest absolute Gasteiger partial charge is 0.372 e. The number of halogens is 2. The molecule has 1 N–H and O–H groups in total. The van der Waals surface area contributed by atoms with E-state index in [9.17, 15) is 13.6 Å². The van der Waals surface area contributed by atoms with Crippen LogP contribution in [-0.4, -0.2) is 11.9 Å². The van der Waals surface area contributed by atoms with E-state index in [2.05, 4.69) is 5.32 Å². The van der Waals surface area contributed by atoms with Crippen molar-refractivity contribution in [3.8, 4) is 0 Å². The fourth-order valence-electron chi connectivity index (χ4n) is 2.63. The zero-order chi connectivity index (χ0) is 15.7. The van der Waals surface area contributed by atoms with Crippen LogP contribution in [-0.2, 0) is 11.3 Å². The van der Waals surface area contributed by atoms with E-state index < -0.39 is 0 Å². The van der Waals surface area contributed by atoms with Crippen LogP contribution < -0.4 is 10.2 Å². The maximum atomic E-state index is 13.4. The number of amides is 1. The van der Waals surface area contributed by atoms with Crippen molar-refractivity contribution in [3.63, 3.8) is 0 Å². The third kappa shape index (κ3) is 2.66. The van der Waals surface area contributed by atoms with E-state index in [4.69, 9.17) is 0 Å². The molecule has 0 saturated carbocycles. The Balaban J connectivity index is 1.97. The predicted molar refractivity (Wildman–Crippen MR) is 81.7 cm³/mol. The van der Waals surface area contributed by atoms with Gasteiger partial charge in [0, 0.05) is 0 Å². The van der Waals surface area contributed by atoms with Gasteiger partial charge in [0.25, 0.3) is 0 Å². The van der Waals surface area contributed by atoms with E-state index in [-0.39, 0.29) is 23.6 Å². The molecule has 0 bridgehead atoms. The van der Waals surface area contributed by atoms with Crippen LogP contribution in [0.15, 0.2) is 42.5 Å². The monoisotopic (exact) mass is 302 g/mol. The zero-order valence-corrected chi connectivity index (χ0v) is 12.1. The highest BCUT2D eigenvalue weighted by Crippen LogP contribution is 2.33. The maximum absolute atomic E-state index is 13.4. The van der Waals surface area contributed by atoms with E-state index >= 15 is 0 Å². The van der Waals surface area contributed by atoms with Gasteiger partial charge in [-0.1, -0.05) is 19.1 Å². The molecule has 3 rings (SSSR count). The summed E-state index contributed by atoms with van der Waals surface area (Å²) >= 11 is 0. The van der Waals surface area contributed by atoms with Crippen molar-refractivity contribution in [2.24, 2.45) is 0 Å². The minimum Gasteiger partial charge on any atom is -0.372 e. The van der Waals surface area contributed by atoms with E-state index in [0.717, 1.165) is 5.56 Å². The van der Waals surface area contributed by atoms with Gasteiger partial charge in [-0.05, 0) is 42.3 Å². The molecule has 5 heteroatoms. The van der Waals surface area contributed by atoms with Crippen molar-refractivity contribution in [2.45, 2.75) is 25.9 Å². The summed E-state index contributed by atoms with van der Waals surface area (Å²) in [5.74, 6) is -0.729. The molecule has 2 aromatic rings. The van der Waals surface area contributed by atoms with Crippen LogP contribution in [0, 0.1) is 11.6 Å². The summed E-state index contributed by atoms with van der Waals surface area (Å²) < 4.78 is 26.4. The third-order valence-electron chi connectivity index (χ3n) is 3.81. The normalized spacial score (nSPS) is 17.1. The number of anilines is 2. The quantitative estimate of drug-likeness (QED) is 0.937. The fourth-order valence-corrected chi connectivity index (χ4v) is 2.63. The highest BCUT2D eigenvalue weighted by atomic mass is 19.1. The molecule has 1 amide bonds. The summed E-state index contributed by atoms with van der Waals surface area (Å²) in [4.78, 5) is 14.2. The summed E-state index contributed by atoms with van der Waals surface area (Å²) in [6.45, 7) is 2.23. The van der Waals surface area contributed by atoms with Gasteiger partial charge in [0.15, 0.2) is 0 Å². The fraction of sp³-hybridized carbons (Fsp3) is 0.235. The van der Waals surface area contributed by atoms with Gasteiger partial charge in [-0.25, -0.2) is 8.78 Å². The molecule has 1 aliphatic heterocycles. The zero-order valence-electron chi connectivity index (χ0n) is 12.1. The van der Waals surface area contributed by atoms with Gasteiger partial charge in [-0.15, -0.1) is 0 Å². The van der Waals surface area contributed by atoms with Crippen LogP contribution in [0.5, 0.6) is 0 Å². The first-order chi connectivity index (χ1) is 10.6. The van der Waals surface area contributed by atoms with Crippen molar-refractivity contribution in [1.29, 1.82) is 0 Å². The summed E-state index contributed by atoms with van der Waals surface area (Å²) in [5.41, 5.74) is 2.07. The molecule has 1 aliphatic rings. The van der Waals surface area contributed by atoms with Crippen molar-refractivity contribution in [3.05, 3.63) is 59.7 Å². The molecule has 114 valence electrons. The smallest absolute Gasteiger partial charge is 0.249 e. The molecule has 0 aliphatic carbocycles. The molecule has 1 atom stereocenters. The number of hydrogen-bond donors (Lipinski definition) is 1. The molecular weight excluding hydrogens is 286 g/mol. The molecule has 2 aromatic carbocycles. The van der Waals surface area contributed by atoms with Gasteiger partial charge in [-0.3, -0.25) is 4.79 Å². The Hall–Kier alpha value is -2.43. The van der Waals surface area contributed by atoms with E-state index in [0.29, 0.717) is 24.3 Å². The van der Waals surface area contributed by atoms with Gasteiger partial charge >= 0.3 is 0 Å². The first-order valence-corrected chi connectivity index (χ1v) is 7.20. The lowest BCUT2D eigenvalue weighted by molar-refractivity contribution is -0.119. The minimum absolute atomic E-state index is 0.0640. The lowest BCUT2D eigenvalue weighted by Crippen LogP contribution is -2.46. The van der Waals surface area contributed by atoms with E-state index in [1.54, 1.807) is 23.1 Å². The summed E-state index contributed by atoms with van der Waals surface area (Å²) in [7, 11) is 0. The maximum Gasteiger partial charge on any atom is 0.249 e. The van der Waals surface area contributed by atoms with Crippen LogP contribution >= 0.6 is 0 Å². The topological polar surface area (TPSA) is 32.3 Å². The van der Waals surface area contributed by atoms with Crippen LogP contribution in [0.3, 0.4) is 0 Å². The molecule has 0 saturated heterocycles. The Morgan fingerprint density at radius 2 is 1.77 bits per heavy atom. The molecule has 3 nitrogen and oxygen atoms in total. The van der Waals surface area contributed by atoms with Crippen LogP contribution in [0.1, 0.15) is 18.9 Å².